The van der Waals surface area contributed by atoms with Crippen LogP contribution in [0.2, 0.25) is 0 Å². The number of nitrogens with zero attached hydrogens (tertiary/aromatic N) is 2. The zero-order chi connectivity index (χ0) is 11.5. The fourth-order valence-electron chi connectivity index (χ4n) is 2.00. The SMILES string of the molecule is Nc1cnc(N2CCCC2NC=O)c(N)c1. The Labute approximate surface area is 93.6 Å². The summed E-state index contributed by atoms with van der Waals surface area (Å²) in [5.74, 6) is 0.686. The maximum absolute atomic E-state index is 10.5. The van der Waals surface area contributed by atoms with Gasteiger partial charge in [0.2, 0.25) is 6.41 Å². The molecule has 0 aliphatic carbocycles. The molecule has 1 aromatic heterocycles. The Kier molecular flexibility index (Phi) is 2.80. The summed E-state index contributed by atoms with van der Waals surface area (Å²) in [4.78, 5) is 16.7. The number of carbonyl (C=O) groups excluding carboxylic acids is 1. The Balaban J connectivity index is 2.25. The molecule has 2 rings (SSSR count). The summed E-state index contributed by atoms with van der Waals surface area (Å²) in [7, 11) is 0. The van der Waals surface area contributed by atoms with E-state index in [9.17, 15) is 4.79 Å². The molecule has 6 nitrogen and oxygen atoms in total. The van der Waals surface area contributed by atoms with Crippen molar-refractivity contribution in [2.75, 3.05) is 22.9 Å². The van der Waals surface area contributed by atoms with E-state index in [0.717, 1.165) is 19.4 Å². The lowest BCUT2D eigenvalue weighted by atomic mass is 10.3. The molecular formula is C10H15N5O. The Morgan fingerprint density at radius 3 is 3.06 bits per heavy atom. The molecule has 86 valence electrons. The number of rotatable bonds is 3. The summed E-state index contributed by atoms with van der Waals surface area (Å²) >= 11 is 0. The van der Waals surface area contributed by atoms with E-state index in [1.54, 1.807) is 12.3 Å². The number of carbonyl (C=O) groups is 1. The quantitative estimate of drug-likeness (QED) is 0.620. The third-order valence-electron chi connectivity index (χ3n) is 2.70. The predicted octanol–water partition coefficient (Wildman–Crippen LogP) is -0.0817. The predicted molar refractivity (Wildman–Crippen MR) is 62.6 cm³/mol. The van der Waals surface area contributed by atoms with Crippen LogP contribution in [-0.2, 0) is 4.79 Å². The van der Waals surface area contributed by atoms with Crippen LogP contribution in [0.4, 0.5) is 17.2 Å². The van der Waals surface area contributed by atoms with E-state index in [1.807, 2.05) is 4.90 Å². The first-order chi connectivity index (χ1) is 7.72. The standard InChI is InChI=1S/C10H15N5O/c11-7-4-8(12)10(13-5-7)15-3-1-2-9(15)14-6-16/h4-6,9H,1-3,11-12H2,(H,14,16). The van der Waals surface area contributed by atoms with Crippen molar-refractivity contribution in [1.82, 2.24) is 10.3 Å². The van der Waals surface area contributed by atoms with Crippen LogP contribution in [0.15, 0.2) is 12.3 Å². The number of nitrogens with one attached hydrogen (secondary N) is 1. The molecule has 2 heterocycles. The van der Waals surface area contributed by atoms with Gasteiger partial charge in [0, 0.05) is 6.54 Å². The Morgan fingerprint density at radius 2 is 2.38 bits per heavy atom. The lowest BCUT2D eigenvalue weighted by Crippen LogP contribution is -2.41. The van der Waals surface area contributed by atoms with Crippen molar-refractivity contribution in [3.05, 3.63) is 12.3 Å². The summed E-state index contributed by atoms with van der Waals surface area (Å²) < 4.78 is 0. The molecule has 1 saturated heterocycles. The van der Waals surface area contributed by atoms with Crippen LogP contribution in [0.1, 0.15) is 12.8 Å². The Morgan fingerprint density at radius 1 is 1.56 bits per heavy atom. The molecule has 0 radical (unpaired) electrons. The van der Waals surface area contributed by atoms with Gasteiger partial charge in [0.05, 0.1) is 17.6 Å². The summed E-state index contributed by atoms with van der Waals surface area (Å²) in [6.07, 6.45) is 4.18. The van der Waals surface area contributed by atoms with Gasteiger partial charge in [0.15, 0.2) is 5.82 Å². The molecule has 0 aromatic carbocycles. The number of aromatic nitrogens is 1. The van der Waals surface area contributed by atoms with Gasteiger partial charge in [-0.25, -0.2) is 4.98 Å². The molecule has 1 fully saturated rings. The van der Waals surface area contributed by atoms with Crippen molar-refractivity contribution in [2.24, 2.45) is 0 Å². The molecule has 1 aliphatic heterocycles. The summed E-state index contributed by atoms with van der Waals surface area (Å²) in [6, 6.07) is 1.68. The van der Waals surface area contributed by atoms with Crippen molar-refractivity contribution in [2.45, 2.75) is 19.0 Å². The van der Waals surface area contributed by atoms with E-state index in [4.69, 9.17) is 11.5 Å². The van der Waals surface area contributed by atoms with Gasteiger partial charge in [-0.2, -0.15) is 0 Å². The van der Waals surface area contributed by atoms with Gasteiger partial charge in [0.1, 0.15) is 6.17 Å². The van der Waals surface area contributed by atoms with Crippen LogP contribution < -0.4 is 21.7 Å². The van der Waals surface area contributed by atoms with Crippen LogP contribution in [0, 0.1) is 0 Å². The highest BCUT2D eigenvalue weighted by atomic mass is 16.1. The maximum Gasteiger partial charge on any atom is 0.208 e. The highest BCUT2D eigenvalue weighted by Crippen LogP contribution is 2.28. The van der Waals surface area contributed by atoms with Crippen LogP contribution in [-0.4, -0.2) is 24.1 Å². The van der Waals surface area contributed by atoms with Crippen LogP contribution in [0.5, 0.6) is 0 Å². The molecule has 1 aromatic rings. The molecule has 0 spiro atoms. The number of anilines is 3. The first kappa shape index (κ1) is 10.5. The van der Waals surface area contributed by atoms with E-state index >= 15 is 0 Å². The number of nitrogen functional groups attached to an aromatic ring is 2. The highest BCUT2D eigenvalue weighted by Gasteiger charge is 2.26. The van der Waals surface area contributed by atoms with Crippen molar-refractivity contribution in [1.29, 1.82) is 0 Å². The second-order valence-corrected chi connectivity index (χ2v) is 3.82. The van der Waals surface area contributed by atoms with E-state index in [2.05, 4.69) is 10.3 Å². The number of hydrogen-bond acceptors (Lipinski definition) is 5. The highest BCUT2D eigenvalue weighted by molar-refractivity contribution is 5.68. The lowest BCUT2D eigenvalue weighted by Gasteiger charge is -2.26. The van der Waals surface area contributed by atoms with E-state index in [0.29, 0.717) is 23.6 Å². The van der Waals surface area contributed by atoms with Gasteiger partial charge in [-0.05, 0) is 18.9 Å². The second kappa shape index (κ2) is 4.26. The van der Waals surface area contributed by atoms with Crippen LogP contribution in [0.25, 0.3) is 0 Å². The topological polar surface area (TPSA) is 97.3 Å². The minimum atomic E-state index is -0.0177. The van der Waals surface area contributed by atoms with Gasteiger partial charge in [-0.3, -0.25) is 4.79 Å². The molecule has 5 N–H and O–H groups in total. The molecule has 6 heteroatoms. The van der Waals surface area contributed by atoms with Gasteiger partial charge in [-0.15, -0.1) is 0 Å². The van der Waals surface area contributed by atoms with E-state index in [-0.39, 0.29) is 6.17 Å². The normalized spacial score (nSPS) is 19.8. The first-order valence-corrected chi connectivity index (χ1v) is 5.19. The zero-order valence-corrected chi connectivity index (χ0v) is 8.89. The third-order valence-corrected chi connectivity index (χ3v) is 2.70. The van der Waals surface area contributed by atoms with Crippen molar-refractivity contribution in [3.8, 4) is 0 Å². The molecule has 0 bridgehead atoms. The fraction of sp³-hybridized carbons (Fsp3) is 0.400. The summed E-state index contributed by atoms with van der Waals surface area (Å²) in [5.41, 5.74) is 12.5. The smallest absolute Gasteiger partial charge is 0.208 e. The van der Waals surface area contributed by atoms with Crippen molar-refractivity contribution in [3.63, 3.8) is 0 Å². The largest absolute Gasteiger partial charge is 0.397 e. The summed E-state index contributed by atoms with van der Waals surface area (Å²) in [5, 5.41) is 2.75. The van der Waals surface area contributed by atoms with Gasteiger partial charge < -0.3 is 21.7 Å². The second-order valence-electron chi connectivity index (χ2n) is 3.82. The van der Waals surface area contributed by atoms with Crippen molar-refractivity contribution < 1.29 is 4.79 Å². The van der Waals surface area contributed by atoms with Crippen LogP contribution in [0.3, 0.4) is 0 Å². The lowest BCUT2D eigenvalue weighted by molar-refractivity contribution is -0.110. The Bertz CT molecular complexity index is 395. The monoisotopic (exact) mass is 221 g/mol. The van der Waals surface area contributed by atoms with Crippen molar-refractivity contribution >= 4 is 23.6 Å². The zero-order valence-electron chi connectivity index (χ0n) is 8.89. The molecule has 16 heavy (non-hydrogen) atoms. The van der Waals surface area contributed by atoms with Crippen LogP contribution >= 0.6 is 0 Å². The fourth-order valence-corrected chi connectivity index (χ4v) is 2.00. The molecule has 1 aliphatic rings. The first-order valence-electron chi connectivity index (χ1n) is 5.19. The van der Waals surface area contributed by atoms with Gasteiger partial charge in [-0.1, -0.05) is 0 Å². The summed E-state index contributed by atoms with van der Waals surface area (Å²) in [6.45, 7) is 0.840. The number of nitrogens with two attached hydrogens (primary N) is 2. The minimum Gasteiger partial charge on any atom is -0.397 e. The molecule has 1 atom stereocenters. The van der Waals surface area contributed by atoms with Gasteiger partial charge in [0.25, 0.3) is 0 Å². The van der Waals surface area contributed by atoms with E-state index < -0.39 is 0 Å². The molecular weight excluding hydrogens is 206 g/mol. The average molecular weight is 221 g/mol. The minimum absolute atomic E-state index is 0.0177. The maximum atomic E-state index is 10.5. The number of pyridine rings is 1. The number of amides is 1. The average Bonchev–Trinajstić information content (AvgIpc) is 2.67. The third kappa shape index (κ3) is 1.86. The molecule has 1 amide bonds. The Hall–Kier alpha value is -1.98. The van der Waals surface area contributed by atoms with Gasteiger partial charge >= 0.3 is 0 Å². The number of hydrogen-bond donors (Lipinski definition) is 3. The van der Waals surface area contributed by atoms with E-state index in [1.165, 1.54) is 0 Å². The molecule has 0 saturated carbocycles. The molecule has 1 unspecified atom stereocenters.